The molecule has 0 saturated carbocycles. The number of aromatic nitrogens is 3. The second kappa shape index (κ2) is 6.31. The molecule has 2 rings (SSSR count). The Morgan fingerprint density at radius 1 is 1.28 bits per heavy atom. The van der Waals surface area contributed by atoms with Gasteiger partial charge >= 0.3 is 0 Å². The van der Waals surface area contributed by atoms with Crippen molar-refractivity contribution in [1.82, 2.24) is 19.9 Å². The van der Waals surface area contributed by atoms with Crippen molar-refractivity contribution in [3.63, 3.8) is 0 Å². The Labute approximate surface area is 108 Å². The van der Waals surface area contributed by atoms with Gasteiger partial charge in [-0.15, -0.1) is 0 Å². The number of pyridine rings is 1. The molecule has 0 aliphatic heterocycles. The molecule has 0 aromatic carbocycles. The highest BCUT2D eigenvalue weighted by molar-refractivity contribution is 5.11. The molecule has 0 radical (unpaired) electrons. The van der Waals surface area contributed by atoms with Crippen LogP contribution >= 0.6 is 0 Å². The SMILES string of the molecule is CCn1ccnc1C(CCc1ccncc1)NC. The third-order valence-corrected chi connectivity index (χ3v) is 3.22. The molecule has 4 heteroatoms. The Balaban J connectivity index is 2.02. The van der Waals surface area contributed by atoms with Gasteiger partial charge in [-0.3, -0.25) is 4.98 Å². The van der Waals surface area contributed by atoms with Gasteiger partial charge in [0, 0.05) is 31.3 Å². The van der Waals surface area contributed by atoms with E-state index in [2.05, 4.69) is 38.9 Å². The normalized spacial score (nSPS) is 12.6. The zero-order chi connectivity index (χ0) is 12.8. The van der Waals surface area contributed by atoms with Crippen LogP contribution in [-0.4, -0.2) is 21.6 Å². The van der Waals surface area contributed by atoms with Crippen LogP contribution in [0.1, 0.15) is 30.8 Å². The fraction of sp³-hybridized carbons (Fsp3) is 0.429. The van der Waals surface area contributed by atoms with Crippen molar-refractivity contribution in [1.29, 1.82) is 0 Å². The zero-order valence-electron chi connectivity index (χ0n) is 11.0. The lowest BCUT2D eigenvalue weighted by Crippen LogP contribution is -2.21. The van der Waals surface area contributed by atoms with Gasteiger partial charge in [-0.05, 0) is 44.5 Å². The van der Waals surface area contributed by atoms with Gasteiger partial charge in [-0.25, -0.2) is 4.98 Å². The highest BCUT2D eigenvalue weighted by Crippen LogP contribution is 2.17. The molecule has 96 valence electrons. The van der Waals surface area contributed by atoms with Crippen molar-refractivity contribution in [2.24, 2.45) is 0 Å². The van der Waals surface area contributed by atoms with Gasteiger partial charge in [-0.1, -0.05) is 0 Å². The summed E-state index contributed by atoms with van der Waals surface area (Å²) in [5.41, 5.74) is 1.32. The Bertz CT molecular complexity index is 464. The van der Waals surface area contributed by atoms with Crippen LogP contribution in [-0.2, 0) is 13.0 Å². The molecule has 2 heterocycles. The smallest absolute Gasteiger partial charge is 0.125 e. The lowest BCUT2D eigenvalue weighted by molar-refractivity contribution is 0.494. The van der Waals surface area contributed by atoms with Crippen LogP contribution in [0.2, 0.25) is 0 Å². The summed E-state index contributed by atoms with van der Waals surface area (Å²) in [5, 5.41) is 3.35. The van der Waals surface area contributed by atoms with Crippen LogP contribution in [0.4, 0.5) is 0 Å². The first-order valence-corrected chi connectivity index (χ1v) is 6.42. The molecule has 0 saturated heterocycles. The number of hydrogen-bond acceptors (Lipinski definition) is 3. The minimum atomic E-state index is 0.299. The largest absolute Gasteiger partial charge is 0.334 e. The summed E-state index contributed by atoms with van der Waals surface area (Å²) < 4.78 is 2.19. The Hall–Kier alpha value is -1.68. The average molecular weight is 244 g/mol. The van der Waals surface area contributed by atoms with Gasteiger partial charge in [0.1, 0.15) is 5.82 Å². The standard InChI is InChI=1S/C14H20N4/c1-3-18-11-10-17-14(18)13(15-2)5-4-12-6-8-16-9-7-12/h6-11,13,15H,3-5H2,1-2H3. The van der Waals surface area contributed by atoms with E-state index in [1.807, 2.05) is 31.8 Å². The van der Waals surface area contributed by atoms with E-state index in [9.17, 15) is 0 Å². The summed E-state index contributed by atoms with van der Waals surface area (Å²) in [5.74, 6) is 1.12. The topological polar surface area (TPSA) is 42.7 Å². The van der Waals surface area contributed by atoms with Gasteiger partial charge in [0.05, 0.1) is 6.04 Å². The zero-order valence-corrected chi connectivity index (χ0v) is 11.0. The number of hydrogen-bond donors (Lipinski definition) is 1. The van der Waals surface area contributed by atoms with Crippen molar-refractivity contribution >= 4 is 0 Å². The fourth-order valence-electron chi connectivity index (χ4n) is 2.16. The molecule has 0 aliphatic rings. The third-order valence-electron chi connectivity index (χ3n) is 3.22. The molecule has 0 aliphatic carbocycles. The van der Waals surface area contributed by atoms with Crippen molar-refractivity contribution < 1.29 is 0 Å². The second-order valence-electron chi connectivity index (χ2n) is 4.31. The van der Waals surface area contributed by atoms with Crippen LogP contribution in [0.5, 0.6) is 0 Å². The van der Waals surface area contributed by atoms with Crippen molar-refractivity contribution in [3.8, 4) is 0 Å². The molecular weight excluding hydrogens is 224 g/mol. The van der Waals surface area contributed by atoms with Gasteiger partial charge < -0.3 is 9.88 Å². The first kappa shape index (κ1) is 12.8. The third kappa shape index (κ3) is 2.96. The predicted molar refractivity (Wildman–Crippen MR) is 72.3 cm³/mol. The maximum atomic E-state index is 4.46. The summed E-state index contributed by atoms with van der Waals surface area (Å²) in [6.45, 7) is 3.10. The van der Waals surface area contributed by atoms with Crippen LogP contribution in [0.3, 0.4) is 0 Å². The maximum Gasteiger partial charge on any atom is 0.125 e. The maximum absolute atomic E-state index is 4.46. The Kier molecular flexibility index (Phi) is 4.47. The van der Waals surface area contributed by atoms with Gasteiger partial charge in [-0.2, -0.15) is 0 Å². The lowest BCUT2D eigenvalue weighted by atomic mass is 10.1. The molecular formula is C14H20N4. The molecule has 2 aromatic heterocycles. The number of rotatable bonds is 6. The molecule has 1 N–H and O–H groups in total. The molecule has 0 bridgehead atoms. The monoisotopic (exact) mass is 244 g/mol. The summed E-state index contributed by atoms with van der Waals surface area (Å²) >= 11 is 0. The van der Waals surface area contributed by atoms with E-state index >= 15 is 0 Å². The summed E-state index contributed by atoms with van der Waals surface area (Å²) in [4.78, 5) is 8.50. The van der Waals surface area contributed by atoms with E-state index in [0.717, 1.165) is 25.2 Å². The van der Waals surface area contributed by atoms with E-state index in [1.54, 1.807) is 0 Å². The molecule has 0 amide bonds. The summed E-state index contributed by atoms with van der Waals surface area (Å²) in [7, 11) is 1.99. The number of nitrogens with one attached hydrogen (secondary N) is 1. The predicted octanol–water partition coefficient (Wildman–Crippen LogP) is 2.19. The number of imidazole rings is 1. The lowest BCUT2D eigenvalue weighted by Gasteiger charge is -2.17. The van der Waals surface area contributed by atoms with E-state index in [0.29, 0.717) is 6.04 Å². The highest BCUT2D eigenvalue weighted by Gasteiger charge is 2.14. The van der Waals surface area contributed by atoms with E-state index in [-0.39, 0.29) is 0 Å². The van der Waals surface area contributed by atoms with Crippen LogP contribution < -0.4 is 5.32 Å². The van der Waals surface area contributed by atoms with Crippen molar-refractivity contribution in [2.75, 3.05) is 7.05 Å². The first-order chi connectivity index (χ1) is 8.85. The molecule has 0 fully saturated rings. The number of aryl methyl sites for hydroxylation is 2. The Morgan fingerprint density at radius 2 is 2.06 bits per heavy atom. The molecule has 18 heavy (non-hydrogen) atoms. The van der Waals surface area contributed by atoms with Crippen LogP contribution in [0.25, 0.3) is 0 Å². The number of nitrogens with zero attached hydrogens (tertiary/aromatic N) is 3. The minimum absolute atomic E-state index is 0.299. The van der Waals surface area contributed by atoms with Gasteiger partial charge in [0.15, 0.2) is 0 Å². The average Bonchev–Trinajstić information content (AvgIpc) is 2.89. The molecule has 0 spiro atoms. The molecule has 4 nitrogen and oxygen atoms in total. The highest BCUT2D eigenvalue weighted by atomic mass is 15.1. The molecule has 1 atom stereocenters. The Morgan fingerprint density at radius 3 is 2.72 bits per heavy atom. The van der Waals surface area contributed by atoms with Crippen LogP contribution in [0.15, 0.2) is 36.9 Å². The first-order valence-electron chi connectivity index (χ1n) is 6.42. The van der Waals surface area contributed by atoms with E-state index in [4.69, 9.17) is 0 Å². The second-order valence-corrected chi connectivity index (χ2v) is 4.31. The van der Waals surface area contributed by atoms with E-state index < -0.39 is 0 Å². The van der Waals surface area contributed by atoms with Gasteiger partial charge in [0.25, 0.3) is 0 Å². The summed E-state index contributed by atoms with van der Waals surface area (Å²) in [6, 6.07) is 4.44. The van der Waals surface area contributed by atoms with Gasteiger partial charge in [0.2, 0.25) is 0 Å². The molecule has 2 aromatic rings. The minimum Gasteiger partial charge on any atom is -0.334 e. The molecule has 1 unspecified atom stereocenters. The van der Waals surface area contributed by atoms with Crippen molar-refractivity contribution in [2.45, 2.75) is 32.4 Å². The van der Waals surface area contributed by atoms with E-state index in [1.165, 1.54) is 5.56 Å². The van der Waals surface area contributed by atoms with Crippen molar-refractivity contribution in [3.05, 3.63) is 48.3 Å². The quantitative estimate of drug-likeness (QED) is 0.847. The fourth-order valence-corrected chi connectivity index (χ4v) is 2.16. The summed E-state index contributed by atoms with van der Waals surface area (Å²) in [6.07, 6.45) is 9.66. The van der Waals surface area contributed by atoms with Crippen LogP contribution in [0, 0.1) is 0 Å².